The van der Waals surface area contributed by atoms with Gasteiger partial charge in [0.15, 0.2) is 0 Å². The van der Waals surface area contributed by atoms with Crippen LogP contribution in [0.4, 0.5) is 0 Å². The third-order valence-corrected chi connectivity index (χ3v) is 0. The molecule has 0 rings (SSSR count). The van der Waals surface area contributed by atoms with Crippen LogP contribution in [0.3, 0.4) is 0 Å². The minimum Gasteiger partial charge on any atom is -0.870 e. The van der Waals surface area contributed by atoms with Gasteiger partial charge < -0.3 is 21.9 Å². The molecule has 4 nitrogen and oxygen atoms in total. The van der Waals surface area contributed by atoms with Gasteiger partial charge in [-0.2, -0.15) is 0 Å². The fourth-order valence-electron chi connectivity index (χ4n) is 0. The zero-order valence-corrected chi connectivity index (χ0v) is 13.9. The largest absolute Gasteiger partial charge is 2.00 e. The van der Waals surface area contributed by atoms with Gasteiger partial charge in [0.2, 0.25) is 0 Å². The summed E-state index contributed by atoms with van der Waals surface area (Å²) < 4.78 is 0. The van der Waals surface area contributed by atoms with E-state index in [9.17, 15) is 0 Å². The molecule has 0 radical (unpaired) electrons. The second-order valence-corrected chi connectivity index (χ2v) is 0. The molecule has 0 bridgehead atoms. The summed E-state index contributed by atoms with van der Waals surface area (Å²) >= 11 is 0. The Morgan fingerprint density at radius 2 is 0.625 bits per heavy atom. The molecule has 4 N–H and O–H groups in total. The van der Waals surface area contributed by atoms with E-state index in [1.54, 1.807) is 0 Å². The van der Waals surface area contributed by atoms with Crippen molar-refractivity contribution in [1.29, 1.82) is 0 Å². The van der Waals surface area contributed by atoms with Gasteiger partial charge in [0.05, 0.1) is 0 Å². The second-order valence-electron chi connectivity index (χ2n) is 0. The summed E-state index contributed by atoms with van der Waals surface area (Å²) in [5.41, 5.74) is 0. The quantitative estimate of drug-likeness (QED) is 0.356. The fourth-order valence-corrected chi connectivity index (χ4v) is 0. The maximum Gasteiger partial charge on any atom is 2.00 e. The molecule has 8 heavy (non-hydrogen) atoms. The van der Waals surface area contributed by atoms with Crippen LogP contribution in [-0.4, -0.2) is 82.7 Å². The van der Waals surface area contributed by atoms with Crippen molar-refractivity contribution in [2.75, 3.05) is 0 Å². The summed E-state index contributed by atoms with van der Waals surface area (Å²) in [6.45, 7) is 0. The van der Waals surface area contributed by atoms with Crippen LogP contribution in [0.1, 0.15) is 0 Å². The molecule has 0 saturated heterocycles. The molecule has 8 heteroatoms. The molecular weight excluding hydrogens is 190 g/mol. The summed E-state index contributed by atoms with van der Waals surface area (Å²) in [4.78, 5) is 0. The minimum atomic E-state index is 0. The van der Waals surface area contributed by atoms with Crippen molar-refractivity contribution >= 4 is 60.8 Å². The normalized spacial score (nSPS) is 0. The molecule has 0 unspecified atom stereocenters. The molecule has 0 aliphatic carbocycles. The third-order valence-electron chi connectivity index (χ3n) is 0. The Balaban J connectivity index is 0. The second kappa shape index (κ2) is 62.6. The smallest absolute Gasteiger partial charge is 0.870 e. The van der Waals surface area contributed by atoms with E-state index in [2.05, 4.69) is 0 Å². The summed E-state index contributed by atoms with van der Waals surface area (Å²) in [7, 11) is 0. The van der Waals surface area contributed by atoms with Crippen LogP contribution in [0.5, 0.6) is 0 Å². The maximum atomic E-state index is 0. The average Bonchev–Trinajstić information content (AvgIpc) is 0. The van der Waals surface area contributed by atoms with Gasteiger partial charge in [-0.15, -0.1) is 0 Å². The van der Waals surface area contributed by atoms with Crippen LogP contribution in [0, 0.1) is 0 Å². The molecule has 32 valence electrons. The molecule has 0 heterocycles. The van der Waals surface area contributed by atoms with Crippen LogP contribution >= 0.6 is 0 Å². The first-order valence-electron chi connectivity index (χ1n) is 0. The van der Waals surface area contributed by atoms with Gasteiger partial charge in [0.1, 0.15) is 0 Å². The van der Waals surface area contributed by atoms with E-state index in [4.69, 9.17) is 0 Å². The van der Waals surface area contributed by atoms with Crippen molar-refractivity contribution in [3.8, 4) is 0 Å². The Bertz CT molecular complexity index is 16.0. The average molecular weight is 194 g/mol. The van der Waals surface area contributed by atoms with E-state index in [0.29, 0.717) is 0 Å². The first-order chi connectivity index (χ1) is 0. The van der Waals surface area contributed by atoms with Gasteiger partial charge in [-0.1, -0.05) is 0 Å². The molecule has 0 aliphatic rings. The van der Waals surface area contributed by atoms with Crippen LogP contribution < -0.4 is 80.9 Å². The van der Waals surface area contributed by atoms with Gasteiger partial charge in [-0.3, -0.25) is 0 Å². The predicted molar refractivity (Wildman–Crippen MR) is 19.3 cm³/mol. The molecular formula is H4CaKMgNaO4+2. The van der Waals surface area contributed by atoms with Crippen LogP contribution in [-0.2, 0) is 0 Å². The molecule has 0 fully saturated rings. The molecule has 0 spiro atoms. The Kier molecular flexibility index (Phi) is 638. The Hall–Kier alpha value is 4.50. The predicted octanol–water partition coefficient (Wildman–Crippen LogP) is -7.46. The third kappa shape index (κ3) is 46.8. The van der Waals surface area contributed by atoms with Crippen molar-refractivity contribution in [1.82, 2.24) is 0 Å². The standard InChI is InChI=1S/Ca.K.Mg.Na.4H2O/h;;;;4*1H2/q+2;+1;+2;+1;;;;/p-4. The van der Waals surface area contributed by atoms with E-state index in [1.807, 2.05) is 0 Å². The number of hydrogen-bond donors (Lipinski definition) is 0. The van der Waals surface area contributed by atoms with Gasteiger partial charge in [-0.05, 0) is 0 Å². The van der Waals surface area contributed by atoms with E-state index < -0.39 is 0 Å². The summed E-state index contributed by atoms with van der Waals surface area (Å²) in [6, 6.07) is 0. The molecule has 0 atom stereocenters. The van der Waals surface area contributed by atoms with Gasteiger partial charge in [-0.25, -0.2) is 0 Å². The molecule has 0 aromatic carbocycles. The Labute approximate surface area is 159 Å². The molecule has 0 amide bonds. The Morgan fingerprint density at radius 3 is 0.625 bits per heavy atom. The molecule has 0 aromatic rings. The summed E-state index contributed by atoms with van der Waals surface area (Å²) in [5.74, 6) is 0. The van der Waals surface area contributed by atoms with Crippen LogP contribution in [0.25, 0.3) is 0 Å². The van der Waals surface area contributed by atoms with Gasteiger partial charge in [0.25, 0.3) is 0 Å². The van der Waals surface area contributed by atoms with Crippen LogP contribution in [0.15, 0.2) is 0 Å². The zero-order chi connectivity index (χ0) is 0. The van der Waals surface area contributed by atoms with Crippen molar-refractivity contribution in [2.45, 2.75) is 0 Å². The van der Waals surface area contributed by atoms with Crippen LogP contribution in [0.2, 0.25) is 0 Å². The SMILES string of the molecule is [Ca+2].[K+].[Mg+2].[Na+].[OH-].[OH-].[OH-].[OH-]. The maximum absolute atomic E-state index is 0. The van der Waals surface area contributed by atoms with Crippen molar-refractivity contribution in [2.24, 2.45) is 0 Å². The number of rotatable bonds is 0. The zero-order valence-electron chi connectivity index (χ0n) is 5.20. The number of hydrogen-bond acceptors (Lipinski definition) is 4. The Morgan fingerprint density at radius 1 is 0.625 bits per heavy atom. The van der Waals surface area contributed by atoms with Gasteiger partial charge >= 0.3 is 142 Å². The van der Waals surface area contributed by atoms with Crippen molar-refractivity contribution in [3.63, 3.8) is 0 Å². The first kappa shape index (κ1) is 81.6. The summed E-state index contributed by atoms with van der Waals surface area (Å²) in [6.07, 6.45) is 0. The topological polar surface area (TPSA) is 120 Å². The van der Waals surface area contributed by atoms with Gasteiger partial charge in [0, 0.05) is 0 Å². The fraction of sp³-hybridized carbons (Fsp3) is 0. The van der Waals surface area contributed by atoms with E-state index in [-0.39, 0.29) is 164 Å². The molecule has 0 saturated carbocycles. The monoisotopic (exact) mass is 194 g/mol. The minimum absolute atomic E-state index is 0. The first-order valence-corrected chi connectivity index (χ1v) is 0. The van der Waals surface area contributed by atoms with Crippen molar-refractivity contribution < 1.29 is 103 Å². The van der Waals surface area contributed by atoms with E-state index in [1.165, 1.54) is 0 Å². The molecule has 0 aliphatic heterocycles. The molecule has 0 aromatic heterocycles. The summed E-state index contributed by atoms with van der Waals surface area (Å²) in [5, 5.41) is 0. The van der Waals surface area contributed by atoms with Crippen molar-refractivity contribution in [3.05, 3.63) is 0 Å². The van der Waals surface area contributed by atoms with E-state index in [0.717, 1.165) is 0 Å². The van der Waals surface area contributed by atoms with E-state index >= 15 is 0 Å².